The minimum absolute atomic E-state index is 0.137. The lowest BCUT2D eigenvalue weighted by Crippen LogP contribution is -2.14. The number of halogens is 3. The lowest BCUT2D eigenvalue weighted by molar-refractivity contribution is 0.102. The van der Waals surface area contributed by atoms with Crippen LogP contribution < -0.4 is 5.32 Å². The van der Waals surface area contributed by atoms with E-state index in [9.17, 15) is 22.0 Å². The van der Waals surface area contributed by atoms with Gasteiger partial charge in [0.15, 0.2) is 0 Å². The monoisotopic (exact) mass is 359 g/mol. The molecule has 0 radical (unpaired) electrons. The molecule has 0 fully saturated rings. The molecule has 8 heteroatoms. The molecule has 0 atom stereocenters. The van der Waals surface area contributed by atoms with E-state index in [1.807, 2.05) is 0 Å². The summed E-state index contributed by atoms with van der Waals surface area (Å²) in [5.41, 5.74) is 1.32. The largest absolute Gasteiger partial charge is 0.341 e. The molecular weight excluding hydrogens is 348 g/mol. The molecule has 0 aliphatic carbocycles. The van der Waals surface area contributed by atoms with Crippen molar-refractivity contribution in [2.45, 2.75) is 17.6 Å². The fraction of sp³-hybridized carbons (Fsp3) is 0.133. The second-order valence-electron chi connectivity index (χ2n) is 4.70. The molecule has 2 aromatic rings. The molecule has 0 aromatic heterocycles. The van der Waals surface area contributed by atoms with Crippen molar-refractivity contribution in [3.05, 3.63) is 58.6 Å². The van der Waals surface area contributed by atoms with E-state index in [0.717, 1.165) is 12.1 Å². The van der Waals surface area contributed by atoms with Gasteiger partial charge in [0.25, 0.3) is 5.91 Å². The van der Waals surface area contributed by atoms with Gasteiger partial charge in [-0.3, -0.25) is 4.79 Å². The van der Waals surface area contributed by atoms with E-state index in [-0.39, 0.29) is 5.56 Å². The van der Waals surface area contributed by atoms with Crippen LogP contribution in [0.4, 0.5) is 14.5 Å². The minimum atomic E-state index is -4.67. The number of benzene rings is 2. The van der Waals surface area contributed by atoms with Crippen LogP contribution in [0.5, 0.6) is 0 Å². The fourth-order valence-electron chi connectivity index (χ4n) is 1.84. The third kappa shape index (κ3) is 3.68. The average molecular weight is 360 g/mol. The standard InChI is InChI=1S/C15H12ClF2NO3S/c1-9-12(16)3-2-4-13(9)19-14(20)10-5-7-11(8-6-10)23(21,22)15(17)18/h2-8,15H,1H3,(H,19,20). The Morgan fingerprint density at radius 3 is 2.30 bits per heavy atom. The van der Waals surface area contributed by atoms with Crippen molar-refractivity contribution in [1.29, 1.82) is 0 Å². The van der Waals surface area contributed by atoms with Crippen LogP contribution in [0.25, 0.3) is 0 Å². The zero-order valence-corrected chi connectivity index (χ0v) is 13.5. The highest BCUT2D eigenvalue weighted by molar-refractivity contribution is 7.91. The lowest BCUT2D eigenvalue weighted by atomic mass is 10.1. The van der Waals surface area contributed by atoms with Gasteiger partial charge in [-0.25, -0.2) is 8.42 Å². The van der Waals surface area contributed by atoms with E-state index in [2.05, 4.69) is 5.32 Å². The lowest BCUT2D eigenvalue weighted by Gasteiger charge is -2.10. The number of carbonyl (C=O) groups is 1. The number of nitrogens with one attached hydrogen (secondary N) is 1. The Hall–Kier alpha value is -1.99. The Bertz CT molecular complexity index is 836. The highest BCUT2D eigenvalue weighted by Gasteiger charge is 2.26. The molecule has 1 N–H and O–H groups in total. The Balaban J connectivity index is 2.23. The SMILES string of the molecule is Cc1c(Cl)cccc1NC(=O)c1ccc(S(=O)(=O)C(F)F)cc1. The van der Waals surface area contributed by atoms with Crippen molar-refractivity contribution in [1.82, 2.24) is 0 Å². The number of amides is 1. The second-order valence-corrected chi connectivity index (χ2v) is 7.02. The summed E-state index contributed by atoms with van der Waals surface area (Å²) >= 11 is 5.95. The van der Waals surface area contributed by atoms with Gasteiger partial charge in [0, 0.05) is 16.3 Å². The van der Waals surface area contributed by atoms with Gasteiger partial charge in [-0.15, -0.1) is 0 Å². The zero-order valence-electron chi connectivity index (χ0n) is 11.9. The first-order chi connectivity index (χ1) is 10.7. The number of sulfone groups is 1. The minimum Gasteiger partial charge on any atom is -0.322 e. The molecule has 0 aliphatic rings. The van der Waals surface area contributed by atoms with Crippen LogP contribution in [0.15, 0.2) is 47.4 Å². The van der Waals surface area contributed by atoms with Crippen LogP contribution in [0.1, 0.15) is 15.9 Å². The topological polar surface area (TPSA) is 63.2 Å². The quantitative estimate of drug-likeness (QED) is 0.900. The van der Waals surface area contributed by atoms with Gasteiger partial charge in [0.1, 0.15) is 0 Å². The van der Waals surface area contributed by atoms with Gasteiger partial charge in [-0.1, -0.05) is 17.7 Å². The summed E-state index contributed by atoms with van der Waals surface area (Å²) in [5, 5.41) is 3.11. The van der Waals surface area contributed by atoms with Crippen molar-refractivity contribution >= 4 is 33.0 Å². The van der Waals surface area contributed by atoms with E-state index in [4.69, 9.17) is 11.6 Å². The molecule has 0 heterocycles. The molecule has 2 rings (SSSR count). The average Bonchev–Trinajstić information content (AvgIpc) is 2.51. The van der Waals surface area contributed by atoms with Crippen LogP contribution in [0.3, 0.4) is 0 Å². The van der Waals surface area contributed by atoms with E-state index < -0.39 is 26.4 Å². The summed E-state index contributed by atoms with van der Waals surface area (Å²) in [5.74, 6) is -4.01. The summed E-state index contributed by atoms with van der Waals surface area (Å²) in [6, 6.07) is 9.30. The smallest absolute Gasteiger partial charge is 0.322 e. The number of rotatable bonds is 4. The van der Waals surface area contributed by atoms with Crippen LogP contribution in [0, 0.1) is 6.92 Å². The maximum atomic E-state index is 12.4. The van der Waals surface area contributed by atoms with E-state index in [1.165, 1.54) is 12.1 Å². The van der Waals surface area contributed by atoms with Crippen LogP contribution in [-0.4, -0.2) is 20.1 Å². The van der Waals surface area contributed by atoms with E-state index >= 15 is 0 Å². The van der Waals surface area contributed by atoms with Gasteiger partial charge in [0.2, 0.25) is 9.84 Å². The Labute approximate surface area is 137 Å². The molecule has 122 valence electrons. The van der Waals surface area contributed by atoms with Crippen LogP contribution in [0.2, 0.25) is 5.02 Å². The zero-order chi connectivity index (χ0) is 17.2. The molecule has 0 saturated heterocycles. The Morgan fingerprint density at radius 2 is 1.74 bits per heavy atom. The summed E-state index contributed by atoms with van der Waals surface area (Å²) < 4.78 is 47.5. The molecule has 4 nitrogen and oxygen atoms in total. The summed E-state index contributed by atoms with van der Waals surface area (Å²) in [4.78, 5) is 11.6. The van der Waals surface area contributed by atoms with Crippen molar-refractivity contribution in [3.8, 4) is 0 Å². The third-order valence-corrected chi connectivity index (χ3v) is 5.00. The molecule has 0 aliphatic heterocycles. The molecule has 0 bridgehead atoms. The molecule has 2 aromatic carbocycles. The van der Waals surface area contributed by atoms with Crippen molar-refractivity contribution in [2.24, 2.45) is 0 Å². The summed E-state index contributed by atoms with van der Waals surface area (Å²) in [6.07, 6.45) is 0. The first-order valence-corrected chi connectivity index (χ1v) is 8.34. The highest BCUT2D eigenvalue weighted by Crippen LogP contribution is 2.24. The van der Waals surface area contributed by atoms with Crippen LogP contribution >= 0.6 is 11.6 Å². The number of anilines is 1. The van der Waals surface area contributed by atoms with E-state index in [0.29, 0.717) is 16.3 Å². The van der Waals surface area contributed by atoms with Crippen LogP contribution in [-0.2, 0) is 9.84 Å². The maximum absolute atomic E-state index is 12.4. The van der Waals surface area contributed by atoms with Gasteiger partial charge < -0.3 is 5.32 Å². The highest BCUT2D eigenvalue weighted by atomic mass is 35.5. The fourth-order valence-corrected chi connectivity index (χ4v) is 2.73. The number of hydrogen-bond donors (Lipinski definition) is 1. The first-order valence-electron chi connectivity index (χ1n) is 6.42. The Morgan fingerprint density at radius 1 is 1.13 bits per heavy atom. The van der Waals surface area contributed by atoms with E-state index in [1.54, 1.807) is 25.1 Å². The molecular formula is C15H12ClF2NO3S. The summed E-state index contributed by atoms with van der Waals surface area (Å²) in [7, 11) is -4.67. The predicted molar refractivity (Wildman–Crippen MR) is 83.8 cm³/mol. The maximum Gasteiger partial charge on any atom is 0.341 e. The number of carbonyl (C=O) groups excluding carboxylic acids is 1. The molecule has 23 heavy (non-hydrogen) atoms. The molecule has 1 amide bonds. The van der Waals surface area contributed by atoms with Gasteiger partial charge >= 0.3 is 5.76 Å². The molecule has 0 saturated carbocycles. The van der Waals surface area contributed by atoms with Gasteiger partial charge in [0.05, 0.1) is 4.90 Å². The second kappa shape index (κ2) is 6.64. The third-order valence-electron chi connectivity index (χ3n) is 3.20. The number of alkyl halides is 2. The predicted octanol–water partition coefficient (Wildman–Crippen LogP) is 3.90. The summed E-state index contributed by atoms with van der Waals surface area (Å²) in [6.45, 7) is 1.73. The van der Waals surface area contributed by atoms with Crippen molar-refractivity contribution in [2.75, 3.05) is 5.32 Å². The normalized spacial score (nSPS) is 11.5. The van der Waals surface area contributed by atoms with Crippen molar-refractivity contribution in [3.63, 3.8) is 0 Å². The van der Waals surface area contributed by atoms with Gasteiger partial charge in [-0.2, -0.15) is 8.78 Å². The van der Waals surface area contributed by atoms with Gasteiger partial charge in [-0.05, 0) is 48.9 Å². The Kier molecular flexibility index (Phi) is 5.01. The number of hydrogen-bond acceptors (Lipinski definition) is 3. The molecule has 0 spiro atoms. The van der Waals surface area contributed by atoms with Crippen molar-refractivity contribution < 1.29 is 22.0 Å². The first kappa shape index (κ1) is 17.4. The molecule has 0 unspecified atom stereocenters.